The van der Waals surface area contributed by atoms with Crippen LogP contribution in [0.25, 0.3) is 12.2 Å². The van der Waals surface area contributed by atoms with Crippen molar-refractivity contribution in [2.75, 3.05) is 0 Å². The Morgan fingerprint density at radius 1 is 1.36 bits per heavy atom. The van der Waals surface area contributed by atoms with Gasteiger partial charge in [-0.15, -0.1) is 11.3 Å². The Labute approximate surface area is 154 Å². The number of benzene rings is 1. The molecule has 0 atom stereocenters. The van der Waals surface area contributed by atoms with Crippen molar-refractivity contribution in [1.82, 2.24) is 4.57 Å². The van der Waals surface area contributed by atoms with Crippen molar-refractivity contribution in [3.8, 4) is 5.88 Å². The topological polar surface area (TPSA) is 54.6 Å². The number of rotatable bonds is 2. The Bertz CT molecular complexity index is 1070. The molecule has 128 valence electrons. The quantitative estimate of drug-likeness (QED) is 0.651. The predicted molar refractivity (Wildman–Crippen MR) is 102 cm³/mol. The first-order chi connectivity index (χ1) is 12.0. The fraction of sp³-hybridized carbons (Fsp3) is 0.316. The lowest BCUT2D eigenvalue weighted by Crippen LogP contribution is -2.30. The molecule has 0 radical (unpaired) electrons. The van der Waals surface area contributed by atoms with Crippen LogP contribution in [-0.4, -0.2) is 15.6 Å². The Balaban J connectivity index is 1.80. The number of aromatic hydroxyl groups is 1. The van der Waals surface area contributed by atoms with Crippen LogP contribution < -0.4 is 10.6 Å². The second kappa shape index (κ2) is 6.35. The van der Waals surface area contributed by atoms with E-state index in [0.717, 1.165) is 23.6 Å². The summed E-state index contributed by atoms with van der Waals surface area (Å²) in [6, 6.07) is 6.07. The molecule has 25 heavy (non-hydrogen) atoms. The molecule has 4 rings (SSSR count). The average molecular weight is 370 g/mol. The summed E-state index contributed by atoms with van der Waals surface area (Å²) in [5.41, 5.74) is 1.59. The third-order valence-electron chi connectivity index (χ3n) is 4.78. The zero-order chi connectivity index (χ0) is 17.6. The molecular formula is C19H18N2O2S2. The van der Waals surface area contributed by atoms with Gasteiger partial charge in [0.05, 0.1) is 10.2 Å². The molecule has 1 aromatic heterocycles. The molecule has 4 nitrogen and oxygen atoms in total. The van der Waals surface area contributed by atoms with Crippen LogP contribution in [0.15, 0.2) is 28.8 Å². The zero-order valence-corrected chi connectivity index (χ0v) is 15.5. The maximum absolute atomic E-state index is 12.3. The first-order valence-corrected chi connectivity index (χ1v) is 9.63. The van der Waals surface area contributed by atoms with E-state index in [4.69, 9.17) is 12.2 Å². The molecule has 1 N–H and O–H groups in total. The fourth-order valence-electron chi connectivity index (χ4n) is 3.51. The summed E-state index contributed by atoms with van der Waals surface area (Å²) < 4.78 is 2.51. The lowest BCUT2D eigenvalue weighted by atomic mass is 10.1. The highest BCUT2D eigenvalue weighted by Crippen LogP contribution is 2.38. The number of amides is 1. The van der Waals surface area contributed by atoms with E-state index in [1.807, 2.05) is 35.8 Å². The molecule has 1 aliphatic heterocycles. The van der Waals surface area contributed by atoms with Crippen LogP contribution in [0.1, 0.15) is 42.2 Å². The van der Waals surface area contributed by atoms with Crippen LogP contribution in [-0.2, 0) is 4.79 Å². The third kappa shape index (κ3) is 3.00. The number of nitrogens with zero attached hydrogens (tertiary/aromatic N) is 2. The van der Waals surface area contributed by atoms with Gasteiger partial charge in [0.15, 0.2) is 3.95 Å². The number of carbonyl (C=O) groups excluding carboxylic acids is 1. The molecule has 0 bridgehead atoms. The molecule has 1 aliphatic carbocycles. The average Bonchev–Trinajstić information content (AvgIpc) is 3.17. The van der Waals surface area contributed by atoms with Gasteiger partial charge >= 0.3 is 0 Å². The summed E-state index contributed by atoms with van der Waals surface area (Å²) in [4.78, 5) is 17.1. The van der Waals surface area contributed by atoms with Gasteiger partial charge in [-0.25, -0.2) is 4.99 Å². The molecule has 6 heteroatoms. The van der Waals surface area contributed by atoms with Gasteiger partial charge in [-0.3, -0.25) is 9.36 Å². The van der Waals surface area contributed by atoms with Crippen molar-refractivity contribution in [2.45, 2.75) is 38.6 Å². The van der Waals surface area contributed by atoms with E-state index in [2.05, 4.69) is 4.99 Å². The van der Waals surface area contributed by atoms with Crippen LogP contribution >= 0.6 is 23.6 Å². The van der Waals surface area contributed by atoms with Crippen LogP contribution in [0.2, 0.25) is 0 Å². The lowest BCUT2D eigenvalue weighted by molar-refractivity contribution is -0.114. The minimum atomic E-state index is -0.289. The molecular weight excluding hydrogens is 352 g/mol. The molecule has 2 aromatic rings. The molecule has 2 aliphatic rings. The standard InChI is InChI=1S/C19H18N2O2S2/c1-11-6-7-15-12(8-11)9-13(17(22)20-15)10-16-18(23)21(19(24)25-16)14-4-2-3-5-14/h6-10,14,23H,2-5H2,1H3. The Hall–Kier alpha value is -2.05. The van der Waals surface area contributed by atoms with Crippen molar-refractivity contribution in [2.24, 2.45) is 4.99 Å². The summed E-state index contributed by atoms with van der Waals surface area (Å²) in [5.74, 6) is -0.117. The second-order valence-corrected chi connectivity index (χ2v) is 8.26. The molecule has 1 amide bonds. The molecule has 1 saturated carbocycles. The molecule has 0 saturated heterocycles. The van der Waals surface area contributed by atoms with Gasteiger partial charge in [-0.05, 0) is 56.3 Å². The van der Waals surface area contributed by atoms with E-state index in [1.54, 1.807) is 6.08 Å². The maximum atomic E-state index is 12.3. The highest BCUT2D eigenvalue weighted by molar-refractivity contribution is 7.73. The van der Waals surface area contributed by atoms with E-state index in [9.17, 15) is 9.90 Å². The summed E-state index contributed by atoms with van der Waals surface area (Å²) in [7, 11) is 0. The number of aryl methyl sites for hydroxylation is 1. The Morgan fingerprint density at radius 2 is 2.12 bits per heavy atom. The van der Waals surface area contributed by atoms with Crippen LogP contribution in [0.5, 0.6) is 5.88 Å². The SMILES string of the molecule is Cc1ccc2c(c1)=CC(=Cc1sc(=S)n(C3CCCC3)c1O)C(=O)N=2. The lowest BCUT2D eigenvalue weighted by Gasteiger charge is -2.12. The normalized spacial score (nSPS) is 18.9. The van der Waals surface area contributed by atoms with Gasteiger partial charge in [0.1, 0.15) is 0 Å². The number of carbonyl (C=O) groups is 1. The van der Waals surface area contributed by atoms with Gasteiger partial charge in [0.2, 0.25) is 5.88 Å². The Kier molecular flexibility index (Phi) is 4.17. The van der Waals surface area contributed by atoms with Gasteiger partial charge in [0, 0.05) is 16.8 Å². The smallest absolute Gasteiger partial charge is 0.277 e. The predicted octanol–water partition coefficient (Wildman–Crippen LogP) is 3.43. The minimum Gasteiger partial charge on any atom is -0.493 e. The molecule has 1 fully saturated rings. The molecule has 0 unspecified atom stereocenters. The highest BCUT2D eigenvalue weighted by atomic mass is 32.1. The summed E-state index contributed by atoms with van der Waals surface area (Å²) >= 11 is 6.79. The summed E-state index contributed by atoms with van der Waals surface area (Å²) in [6.07, 6.45) is 7.96. The maximum Gasteiger partial charge on any atom is 0.277 e. The van der Waals surface area contributed by atoms with Crippen molar-refractivity contribution in [3.63, 3.8) is 0 Å². The molecule has 0 spiro atoms. The third-order valence-corrected chi connectivity index (χ3v) is 6.12. The van der Waals surface area contributed by atoms with Crippen molar-refractivity contribution in [3.05, 3.63) is 48.7 Å². The van der Waals surface area contributed by atoms with Crippen molar-refractivity contribution < 1.29 is 9.90 Å². The molecule has 2 heterocycles. The number of thiazole rings is 1. The second-order valence-electron chi connectivity index (χ2n) is 6.59. The van der Waals surface area contributed by atoms with Crippen LogP contribution in [0.4, 0.5) is 0 Å². The number of aromatic nitrogens is 1. The van der Waals surface area contributed by atoms with Gasteiger partial charge < -0.3 is 5.11 Å². The Morgan fingerprint density at radius 3 is 2.88 bits per heavy atom. The largest absolute Gasteiger partial charge is 0.493 e. The van der Waals surface area contributed by atoms with Gasteiger partial charge in [-0.1, -0.05) is 24.5 Å². The van der Waals surface area contributed by atoms with E-state index < -0.39 is 0 Å². The first kappa shape index (κ1) is 16.4. The first-order valence-electron chi connectivity index (χ1n) is 8.40. The molecule has 1 aromatic carbocycles. The monoisotopic (exact) mass is 370 g/mol. The van der Waals surface area contributed by atoms with E-state index in [1.165, 1.54) is 24.2 Å². The minimum absolute atomic E-state index is 0.172. The number of hydrogen-bond acceptors (Lipinski definition) is 4. The van der Waals surface area contributed by atoms with Crippen LogP contribution in [0.3, 0.4) is 0 Å². The zero-order valence-electron chi connectivity index (χ0n) is 13.9. The van der Waals surface area contributed by atoms with E-state index >= 15 is 0 Å². The van der Waals surface area contributed by atoms with E-state index in [-0.39, 0.29) is 17.8 Å². The number of hydrogen-bond donors (Lipinski definition) is 1. The van der Waals surface area contributed by atoms with Crippen molar-refractivity contribution in [1.29, 1.82) is 0 Å². The highest BCUT2D eigenvalue weighted by Gasteiger charge is 2.23. The summed E-state index contributed by atoms with van der Waals surface area (Å²) in [5, 5.41) is 12.2. The van der Waals surface area contributed by atoms with Crippen molar-refractivity contribution >= 4 is 41.6 Å². The summed E-state index contributed by atoms with van der Waals surface area (Å²) in [6.45, 7) is 2.01. The van der Waals surface area contributed by atoms with Gasteiger partial charge in [-0.2, -0.15) is 0 Å². The fourth-order valence-corrected chi connectivity index (χ4v) is 4.91. The van der Waals surface area contributed by atoms with E-state index in [0.29, 0.717) is 19.8 Å². The van der Waals surface area contributed by atoms with Gasteiger partial charge in [0.25, 0.3) is 5.91 Å². The number of fused-ring (bicyclic) bond motifs is 1. The van der Waals surface area contributed by atoms with Crippen LogP contribution in [0, 0.1) is 10.9 Å².